The van der Waals surface area contributed by atoms with Crippen LogP contribution in [0.3, 0.4) is 0 Å². The highest BCUT2D eigenvalue weighted by molar-refractivity contribution is 5.92. The number of rotatable bonds is 3. The fraction of sp³-hybridized carbons (Fsp3) is 0.385. The van der Waals surface area contributed by atoms with E-state index < -0.39 is 17.6 Å². The molecule has 0 saturated heterocycles. The maximum atomic E-state index is 13.0. The number of alkyl halides is 3. The van der Waals surface area contributed by atoms with E-state index in [-0.39, 0.29) is 24.9 Å². The van der Waals surface area contributed by atoms with Crippen LogP contribution in [-0.2, 0) is 6.54 Å². The Balaban J connectivity index is 2.00. The minimum absolute atomic E-state index is 0.0381. The zero-order valence-corrected chi connectivity index (χ0v) is 10.3. The van der Waals surface area contributed by atoms with Crippen molar-refractivity contribution in [2.24, 2.45) is 5.41 Å². The Bertz CT molecular complexity index is 686. The largest absolute Gasteiger partial charge is 0.478 e. The molecule has 1 aromatic carbocycles. The van der Waals surface area contributed by atoms with E-state index in [0.717, 1.165) is 0 Å². The first-order valence-electron chi connectivity index (χ1n) is 6.07. The molecule has 0 aliphatic heterocycles. The Morgan fingerprint density at radius 3 is 2.65 bits per heavy atom. The third kappa shape index (κ3) is 1.93. The predicted molar refractivity (Wildman–Crippen MR) is 64.4 cm³/mol. The van der Waals surface area contributed by atoms with Gasteiger partial charge in [-0.2, -0.15) is 13.2 Å². The van der Waals surface area contributed by atoms with Gasteiger partial charge in [0.15, 0.2) is 0 Å². The van der Waals surface area contributed by atoms with Gasteiger partial charge in [0.05, 0.1) is 28.3 Å². The Morgan fingerprint density at radius 2 is 2.10 bits per heavy atom. The third-order valence-electron chi connectivity index (χ3n) is 3.80. The highest BCUT2D eigenvalue weighted by atomic mass is 19.4. The van der Waals surface area contributed by atoms with Gasteiger partial charge in [0.25, 0.3) is 0 Å². The molecule has 0 radical (unpaired) electrons. The van der Waals surface area contributed by atoms with Crippen molar-refractivity contribution in [3.05, 3.63) is 30.1 Å². The van der Waals surface area contributed by atoms with E-state index in [1.54, 1.807) is 0 Å². The average molecular weight is 284 g/mol. The van der Waals surface area contributed by atoms with Crippen LogP contribution in [0.15, 0.2) is 24.5 Å². The molecule has 0 bridgehead atoms. The first-order chi connectivity index (χ1) is 9.32. The summed E-state index contributed by atoms with van der Waals surface area (Å²) in [6.07, 6.45) is -2.69. The lowest BCUT2D eigenvalue weighted by atomic mass is 10.1. The lowest BCUT2D eigenvalue weighted by molar-refractivity contribution is -0.190. The molecule has 1 N–H and O–H groups in total. The van der Waals surface area contributed by atoms with Crippen molar-refractivity contribution in [2.75, 3.05) is 0 Å². The fourth-order valence-corrected chi connectivity index (χ4v) is 2.32. The molecule has 1 aromatic heterocycles. The van der Waals surface area contributed by atoms with E-state index in [0.29, 0.717) is 11.0 Å². The molecule has 106 valence electrons. The number of aromatic carboxylic acids is 1. The molecule has 0 spiro atoms. The van der Waals surface area contributed by atoms with E-state index in [2.05, 4.69) is 4.98 Å². The van der Waals surface area contributed by atoms with Crippen LogP contribution in [0.1, 0.15) is 23.2 Å². The van der Waals surface area contributed by atoms with E-state index in [9.17, 15) is 18.0 Å². The van der Waals surface area contributed by atoms with Gasteiger partial charge in [-0.3, -0.25) is 0 Å². The molecule has 4 nitrogen and oxygen atoms in total. The standard InChI is InChI=1S/C13H11F3N2O2/c14-13(15,16)12(3-4-12)6-18-7-17-9-2-1-8(11(19)20)5-10(9)18/h1-2,5,7H,3-4,6H2,(H,19,20). The highest BCUT2D eigenvalue weighted by Crippen LogP contribution is 2.58. The maximum Gasteiger partial charge on any atom is 0.396 e. The summed E-state index contributed by atoms with van der Waals surface area (Å²) in [5.41, 5.74) is -0.732. The molecule has 1 fully saturated rings. The summed E-state index contributed by atoms with van der Waals surface area (Å²) in [6.45, 7) is -0.212. The van der Waals surface area contributed by atoms with Crippen molar-refractivity contribution < 1.29 is 23.1 Å². The Morgan fingerprint density at radius 1 is 1.40 bits per heavy atom. The molecule has 20 heavy (non-hydrogen) atoms. The van der Waals surface area contributed by atoms with Crippen LogP contribution < -0.4 is 0 Å². The number of carbonyl (C=O) groups is 1. The van der Waals surface area contributed by atoms with Crippen molar-refractivity contribution >= 4 is 17.0 Å². The molecule has 1 aliphatic carbocycles. The Hall–Kier alpha value is -2.05. The van der Waals surface area contributed by atoms with Crippen molar-refractivity contribution in [1.29, 1.82) is 0 Å². The van der Waals surface area contributed by atoms with Crippen molar-refractivity contribution in [3.63, 3.8) is 0 Å². The van der Waals surface area contributed by atoms with Gasteiger partial charge in [-0.25, -0.2) is 9.78 Å². The summed E-state index contributed by atoms with van der Waals surface area (Å²) in [4.78, 5) is 14.9. The summed E-state index contributed by atoms with van der Waals surface area (Å²) >= 11 is 0. The van der Waals surface area contributed by atoms with Crippen LogP contribution in [0.2, 0.25) is 0 Å². The van der Waals surface area contributed by atoms with Crippen molar-refractivity contribution in [1.82, 2.24) is 9.55 Å². The number of carboxylic acids is 1. The van der Waals surface area contributed by atoms with Crippen molar-refractivity contribution in [3.8, 4) is 0 Å². The van der Waals surface area contributed by atoms with Gasteiger partial charge in [0, 0.05) is 6.54 Å². The molecule has 0 amide bonds. The molecule has 0 atom stereocenters. The van der Waals surface area contributed by atoms with Crippen LogP contribution in [0.4, 0.5) is 13.2 Å². The summed E-state index contributed by atoms with van der Waals surface area (Å²) in [5, 5.41) is 8.94. The lowest BCUT2D eigenvalue weighted by Crippen LogP contribution is -2.28. The second kappa shape index (κ2) is 3.97. The molecule has 7 heteroatoms. The first kappa shape index (κ1) is 13.0. The molecule has 3 rings (SSSR count). The minimum Gasteiger partial charge on any atom is -0.478 e. The minimum atomic E-state index is -4.24. The maximum absolute atomic E-state index is 13.0. The van der Waals surface area contributed by atoms with Crippen LogP contribution in [-0.4, -0.2) is 26.8 Å². The predicted octanol–water partition coefficient (Wildman–Crippen LogP) is 3.08. The van der Waals surface area contributed by atoms with Gasteiger partial charge in [0.1, 0.15) is 0 Å². The summed E-state index contributed by atoms with van der Waals surface area (Å²) in [5.74, 6) is -1.11. The molecule has 2 aromatic rings. The van der Waals surface area contributed by atoms with Gasteiger partial charge in [-0.05, 0) is 31.0 Å². The number of halogens is 3. The van der Waals surface area contributed by atoms with Gasteiger partial charge in [-0.15, -0.1) is 0 Å². The molecular formula is C13H11F3N2O2. The smallest absolute Gasteiger partial charge is 0.396 e. The second-order valence-electron chi connectivity index (χ2n) is 5.16. The molecule has 1 heterocycles. The number of hydrogen-bond donors (Lipinski definition) is 1. The molecule has 1 saturated carbocycles. The fourth-order valence-electron chi connectivity index (χ4n) is 2.32. The average Bonchev–Trinajstić information content (AvgIpc) is 3.05. The number of aromatic nitrogens is 2. The monoisotopic (exact) mass is 284 g/mol. The normalized spacial score (nSPS) is 17.4. The number of hydrogen-bond acceptors (Lipinski definition) is 2. The van der Waals surface area contributed by atoms with Gasteiger partial charge in [-0.1, -0.05) is 0 Å². The summed E-state index contributed by atoms with van der Waals surface area (Å²) < 4.78 is 40.3. The van der Waals surface area contributed by atoms with E-state index in [4.69, 9.17) is 5.11 Å². The van der Waals surface area contributed by atoms with Gasteiger partial charge < -0.3 is 9.67 Å². The number of carboxylic acid groups (broad SMARTS) is 1. The van der Waals surface area contributed by atoms with E-state index in [1.165, 1.54) is 29.1 Å². The number of benzene rings is 1. The van der Waals surface area contributed by atoms with E-state index >= 15 is 0 Å². The Kier molecular flexibility index (Phi) is 2.57. The Labute approximate surface area is 111 Å². The summed E-state index contributed by atoms with van der Waals surface area (Å²) in [7, 11) is 0. The number of imidazole rings is 1. The molecule has 0 unspecified atom stereocenters. The van der Waals surface area contributed by atoms with Crippen LogP contribution in [0.25, 0.3) is 11.0 Å². The number of nitrogens with zero attached hydrogens (tertiary/aromatic N) is 2. The van der Waals surface area contributed by atoms with Crippen molar-refractivity contribution in [2.45, 2.75) is 25.6 Å². The quantitative estimate of drug-likeness (QED) is 0.942. The first-order valence-corrected chi connectivity index (χ1v) is 6.07. The summed E-state index contributed by atoms with van der Waals surface area (Å²) in [6, 6.07) is 4.25. The highest BCUT2D eigenvalue weighted by Gasteiger charge is 2.63. The SMILES string of the molecule is O=C(O)c1ccc2ncn(CC3(C(F)(F)F)CC3)c2c1. The zero-order valence-electron chi connectivity index (χ0n) is 10.3. The lowest BCUT2D eigenvalue weighted by Gasteiger charge is -2.19. The molecule has 1 aliphatic rings. The van der Waals surface area contributed by atoms with Gasteiger partial charge in [0.2, 0.25) is 0 Å². The van der Waals surface area contributed by atoms with Crippen LogP contribution >= 0.6 is 0 Å². The topological polar surface area (TPSA) is 55.1 Å². The third-order valence-corrected chi connectivity index (χ3v) is 3.80. The van der Waals surface area contributed by atoms with Gasteiger partial charge >= 0.3 is 12.1 Å². The second-order valence-corrected chi connectivity index (χ2v) is 5.16. The van der Waals surface area contributed by atoms with E-state index in [1.807, 2.05) is 0 Å². The molecular weight excluding hydrogens is 273 g/mol. The zero-order chi connectivity index (χ0) is 14.5. The van der Waals surface area contributed by atoms with Crippen LogP contribution in [0.5, 0.6) is 0 Å². The number of fused-ring (bicyclic) bond motifs is 1. The van der Waals surface area contributed by atoms with Crippen LogP contribution in [0, 0.1) is 5.41 Å².